The molecule has 0 radical (unpaired) electrons. The van der Waals surface area contributed by atoms with E-state index >= 15 is 0 Å². The fourth-order valence-electron chi connectivity index (χ4n) is 2.91. The third-order valence-corrected chi connectivity index (χ3v) is 4.75. The first-order valence-corrected chi connectivity index (χ1v) is 8.89. The average Bonchev–Trinajstić information content (AvgIpc) is 2.51. The van der Waals surface area contributed by atoms with Gasteiger partial charge in [-0.3, -0.25) is 0 Å². The van der Waals surface area contributed by atoms with Crippen LogP contribution in [-0.2, 0) is 0 Å². The van der Waals surface area contributed by atoms with Gasteiger partial charge in [0.05, 0.1) is 11.6 Å². The zero-order chi connectivity index (χ0) is 15.8. The number of halogens is 2. The second kappa shape index (κ2) is 9.61. The number of unbranched alkanes of at least 4 members (excludes halogenated alkanes) is 1. The van der Waals surface area contributed by atoms with Gasteiger partial charge in [-0.2, -0.15) is 0 Å². The summed E-state index contributed by atoms with van der Waals surface area (Å²) in [7, 11) is 2.04. The van der Waals surface area contributed by atoms with Gasteiger partial charge < -0.3 is 15.0 Å². The monoisotopic (exact) mass is 344 g/mol. The number of nitrogens with zero attached hydrogens (tertiary/aromatic N) is 1. The minimum atomic E-state index is 0.583. The van der Waals surface area contributed by atoms with Gasteiger partial charge in [-0.1, -0.05) is 23.2 Å². The number of hydrogen-bond acceptors (Lipinski definition) is 3. The van der Waals surface area contributed by atoms with Crippen molar-refractivity contribution in [1.82, 2.24) is 10.2 Å². The van der Waals surface area contributed by atoms with Crippen LogP contribution in [0.15, 0.2) is 18.2 Å². The summed E-state index contributed by atoms with van der Waals surface area (Å²) in [6, 6.07) is 5.35. The normalized spacial score (nSPS) is 16.9. The standard InChI is InChI=1S/C17H26Cl2N2O/c1-20-13-14-6-9-21(10-7-14)8-2-3-11-22-17-5-4-15(18)12-16(17)19/h4-5,12,14,20H,2-3,6-11,13H2,1H3. The molecule has 0 unspecified atom stereocenters. The Morgan fingerprint density at radius 3 is 2.68 bits per heavy atom. The fourth-order valence-corrected chi connectivity index (χ4v) is 3.38. The minimum absolute atomic E-state index is 0.583. The highest BCUT2D eigenvalue weighted by molar-refractivity contribution is 6.35. The van der Waals surface area contributed by atoms with E-state index in [2.05, 4.69) is 10.2 Å². The van der Waals surface area contributed by atoms with Crippen molar-refractivity contribution in [2.45, 2.75) is 25.7 Å². The van der Waals surface area contributed by atoms with Crippen LogP contribution in [0.4, 0.5) is 0 Å². The largest absolute Gasteiger partial charge is 0.492 e. The Morgan fingerprint density at radius 2 is 2.00 bits per heavy atom. The van der Waals surface area contributed by atoms with Crippen molar-refractivity contribution in [1.29, 1.82) is 0 Å². The Morgan fingerprint density at radius 1 is 1.23 bits per heavy atom. The van der Waals surface area contributed by atoms with Crippen molar-refractivity contribution < 1.29 is 4.74 Å². The Balaban J connectivity index is 1.56. The van der Waals surface area contributed by atoms with Crippen LogP contribution < -0.4 is 10.1 Å². The summed E-state index contributed by atoms with van der Waals surface area (Å²) >= 11 is 11.9. The molecule has 0 spiro atoms. The molecule has 2 rings (SSSR count). The molecule has 1 aliphatic rings. The number of rotatable bonds is 8. The third kappa shape index (κ3) is 5.96. The van der Waals surface area contributed by atoms with Gasteiger partial charge in [-0.25, -0.2) is 0 Å². The van der Waals surface area contributed by atoms with Crippen molar-refractivity contribution in [3.8, 4) is 5.75 Å². The van der Waals surface area contributed by atoms with Crippen LogP contribution in [0.3, 0.4) is 0 Å². The van der Waals surface area contributed by atoms with Gasteiger partial charge in [0.25, 0.3) is 0 Å². The minimum Gasteiger partial charge on any atom is -0.492 e. The zero-order valence-corrected chi connectivity index (χ0v) is 14.8. The number of nitrogens with one attached hydrogen (secondary N) is 1. The second-order valence-electron chi connectivity index (χ2n) is 5.97. The molecule has 124 valence electrons. The maximum atomic E-state index is 6.08. The van der Waals surface area contributed by atoms with Gasteiger partial charge in [-0.15, -0.1) is 0 Å². The lowest BCUT2D eigenvalue weighted by Crippen LogP contribution is -2.37. The number of piperidine rings is 1. The van der Waals surface area contributed by atoms with Gasteiger partial charge in [0.2, 0.25) is 0 Å². The molecule has 0 aromatic heterocycles. The van der Waals surface area contributed by atoms with Gasteiger partial charge in [-0.05, 0) is 83.0 Å². The highest BCUT2D eigenvalue weighted by atomic mass is 35.5. The molecule has 1 aromatic carbocycles. The molecule has 22 heavy (non-hydrogen) atoms. The van der Waals surface area contributed by atoms with E-state index in [1.165, 1.54) is 38.9 Å². The van der Waals surface area contributed by atoms with Crippen LogP contribution in [0.25, 0.3) is 0 Å². The quantitative estimate of drug-likeness (QED) is 0.719. The van der Waals surface area contributed by atoms with Gasteiger partial charge in [0, 0.05) is 5.02 Å². The lowest BCUT2D eigenvalue weighted by Gasteiger charge is -2.31. The van der Waals surface area contributed by atoms with E-state index in [9.17, 15) is 0 Å². The van der Waals surface area contributed by atoms with Gasteiger partial charge >= 0.3 is 0 Å². The number of benzene rings is 1. The summed E-state index contributed by atoms with van der Waals surface area (Å²) in [6.07, 6.45) is 4.85. The summed E-state index contributed by atoms with van der Waals surface area (Å²) in [6.45, 7) is 5.50. The lowest BCUT2D eigenvalue weighted by molar-refractivity contribution is 0.177. The molecule has 1 aliphatic heterocycles. The molecule has 1 saturated heterocycles. The van der Waals surface area contributed by atoms with Crippen LogP contribution in [-0.4, -0.2) is 44.7 Å². The van der Waals surface area contributed by atoms with Crippen LogP contribution in [0.5, 0.6) is 5.75 Å². The Kier molecular flexibility index (Phi) is 7.81. The Labute approximate surface area is 143 Å². The Hall–Kier alpha value is -0.480. The SMILES string of the molecule is CNCC1CCN(CCCCOc2ccc(Cl)cc2Cl)CC1. The number of hydrogen-bond donors (Lipinski definition) is 1. The molecule has 0 saturated carbocycles. The van der Waals surface area contributed by atoms with Gasteiger partial charge in [0.1, 0.15) is 5.75 Å². The molecule has 1 aromatic rings. The first-order valence-electron chi connectivity index (χ1n) is 8.14. The van der Waals surface area contributed by atoms with Crippen LogP contribution in [0.2, 0.25) is 10.0 Å². The van der Waals surface area contributed by atoms with Crippen molar-refractivity contribution in [3.63, 3.8) is 0 Å². The van der Waals surface area contributed by atoms with E-state index < -0.39 is 0 Å². The van der Waals surface area contributed by atoms with Crippen molar-refractivity contribution >= 4 is 23.2 Å². The first-order chi connectivity index (χ1) is 10.7. The van der Waals surface area contributed by atoms with E-state index in [4.69, 9.17) is 27.9 Å². The molecule has 1 N–H and O–H groups in total. The topological polar surface area (TPSA) is 24.5 Å². The summed E-state index contributed by atoms with van der Waals surface area (Å²) in [5.41, 5.74) is 0. The van der Waals surface area contributed by atoms with E-state index in [1.54, 1.807) is 12.1 Å². The van der Waals surface area contributed by atoms with E-state index in [1.807, 2.05) is 13.1 Å². The van der Waals surface area contributed by atoms with Crippen LogP contribution in [0.1, 0.15) is 25.7 Å². The van der Waals surface area contributed by atoms with E-state index in [0.29, 0.717) is 16.7 Å². The summed E-state index contributed by atoms with van der Waals surface area (Å²) in [5.74, 6) is 1.58. The number of ether oxygens (including phenoxy) is 1. The van der Waals surface area contributed by atoms with Gasteiger partial charge in [0.15, 0.2) is 0 Å². The predicted molar refractivity (Wildman–Crippen MR) is 94.3 cm³/mol. The highest BCUT2D eigenvalue weighted by Gasteiger charge is 2.17. The summed E-state index contributed by atoms with van der Waals surface area (Å²) in [5, 5.41) is 4.50. The van der Waals surface area contributed by atoms with Crippen LogP contribution in [0, 0.1) is 5.92 Å². The van der Waals surface area contributed by atoms with Crippen molar-refractivity contribution in [2.24, 2.45) is 5.92 Å². The highest BCUT2D eigenvalue weighted by Crippen LogP contribution is 2.27. The van der Waals surface area contributed by atoms with Crippen LogP contribution >= 0.6 is 23.2 Å². The molecular formula is C17H26Cl2N2O. The maximum Gasteiger partial charge on any atom is 0.137 e. The van der Waals surface area contributed by atoms with Crippen molar-refractivity contribution in [2.75, 3.05) is 39.8 Å². The fraction of sp³-hybridized carbons (Fsp3) is 0.647. The van der Waals surface area contributed by atoms with E-state index in [-0.39, 0.29) is 0 Å². The second-order valence-corrected chi connectivity index (χ2v) is 6.82. The Bertz CT molecular complexity index is 448. The molecule has 1 heterocycles. The van der Waals surface area contributed by atoms with E-state index in [0.717, 1.165) is 24.6 Å². The van der Waals surface area contributed by atoms with Crippen molar-refractivity contribution in [3.05, 3.63) is 28.2 Å². The predicted octanol–water partition coefficient (Wildman–Crippen LogP) is 4.08. The molecule has 5 heteroatoms. The molecule has 1 fully saturated rings. The maximum absolute atomic E-state index is 6.08. The molecule has 0 bridgehead atoms. The lowest BCUT2D eigenvalue weighted by atomic mass is 9.97. The third-order valence-electron chi connectivity index (χ3n) is 4.22. The average molecular weight is 345 g/mol. The zero-order valence-electron chi connectivity index (χ0n) is 13.3. The molecule has 3 nitrogen and oxygen atoms in total. The first kappa shape index (κ1) is 17.9. The molecular weight excluding hydrogens is 319 g/mol. The summed E-state index contributed by atoms with van der Waals surface area (Å²) < 4.78 is 5.71. The molecule has 0 amide bonds. The smallest absolute Gasteiger partial charge is 0.137 e. The number of likely N-dealkylation sites (tertiary alicyclic amines) is 1. The summed E-state index contributed by atoms with van der Waals surface area (Å²) in [4.78, 5) is 2.57. The molecule has 0 aliphatic carbocycles. The molecule has 0 atom stereocenters.